The van der Waals surface area contributed by atoms with Crippen molar-refractivity contribution in [2.24, 2.45) is 0 Å². The molecule has 1 amide bonds. The Morgan fingerprint density at radius 3 is 2.18 bits per heavy atom. The van der Waals surface area contributed by atoms with Crippen molar-refractivity contribution in [2.75, 3.05) is 22.9 Å². The molecule has 1 saturated heterocycles. The van der Waals surface area contributed by atoms with E-state index in [1.54, 1.807) is 36.4 Å². The number of ether oxygens (including phenoxy) is 1. The minimum Gasteiger partial charge on any atom is -0.507 e. The van der Waals surface area contributed by atoms with Gasteiger partial charge in [-0.05, 0) is 81.8 Å². The Balaban J connectivity index is 1.88. The van der Waals surface area contributed by atoms with Crippen LogP contribution in [0.15, 0.2) is 72.3 Å². The van der Waals surface area contributed by atoms with Gasteiger partial charge in [-0.1, -0.05) is 12.1 Å². The van der Waals surface area contributed by atoms with Crippen molar-refractivity contribution in [3.63, 3.8) is 0 Å². The Bertz CT molecular complexity index is 1360. The maximum absolute atomic E-state index is 14.9. The van der Waals surface area contributed by atoms with Gasteiger partial charge >= 0.3 is 0 Å². The number of halogens is 2. The maximum Gasteiger partial charge on any atom is 0.300 e. The molecular formula is C30H30F2N2O4. The van der Waals surface area contributed by atoms with Crippen LogP contribution in [-0.4, -0.2) is 36.0 Å². The van der Waals surface area contributed by atoms with Crippen molar-refractivity contribution in [3.8, 4) is 5.75 Å². The highest BCUT2D eigenvalue weighted by Gasteiger charge is 2.47. The molecule has 0 radical (unpaired) electrons. The summed E-state index contributed by atoms with van der Waals surface area (Å²) in [5.74, 6) is -3.54. The number of nitrogens with zero attached hydrogens (tertiary/aromatic N) is 2. The second-order valence-corrected chi connectivity index (χ2v) is 9.22. The summed E-state index contributed by atoms with van der Waals surface area (Å²) in [7, 11) is 0. The fraction of sp³-hybridized carbons (Fsp3) is 0.267. The average Bonchev–Trinajstić information content (AvgIpc) is 3.16. The standard InChI is InChI=1S/C30H30F2N2O4/c1-5-33(6-2)22-12-7-19(8-13-22)27-26(28(35)20-9-14-23(15-10-20)38-18(3)4)29(36)30(37)34(27)25-17-21(31)11-16-24(25)32/h7-18,27,35H,5-6H2,1-4H3/b28-26+. The molecule has 0 saturated carbocycles. The van der Waals surface area contributed by atoms with Gasteiger partial charge < -0.3 is 14.7 Å². The molecule has 198 valence electrons. The highest BCUT2D eigenvalue weighted by atomic mass is 19.1. The number of ketones is 1. The molecule has 1 unspecified atom stereocenters. The van der Waals surface area contributed by atoms with E-state index in [1.807, 2.05) is 39.8 Å². The van der Waals surface area contributed by atoms with E-state index >= 15 is 0 Å². The molecule has 3 aromatic carbocycles. The highest BCUT2D eigenvalue weighted by Crippen LogP contribution is 2.43. The second-order valence-electron chi connectivity index (χ2n) is 9.22. The molecule has 1 aliphatic heterocycles. The molecule has 1 heterocycles. The Hall–Kier alpha value is -4.20. The number of carbonyl (C=O) groups is 2. The largest absolute Gasteiger partial charge is 0.507 e. The van der Waals surface area contributed by atoms with E-state index in [4.69, 9.17) is 4.74 Å². The minimum atomic E-state index is -1.18. The lowest BCUT2D eigenvalue weighted by Crippen LogP contribution is -2.30. The predicted octanol–water partition coefficient (Wildman–Crippen LogP) is 6.22. The highest BCUT2D eigenvalue weighted by molar-refractivity contribution is 6.51. The molecule has 1 fully saturated rings. The lowest BCUT2D eigenvalue weighted by molar-refractivity contribution is -0.132. The topological polar surface area (TPSA) is 70.1 Å². The summed E-state index contributed by atoms with van der Waals surface area (Å²) < 4.78 is 34.7. The zero-order valence-electron chi connectivity index (χ0n) is 21.7. The van der Waals surface area contributed by atoms with Gasteiger partial charge in [-0.25, -0.2) is 8.78 Å². The molecule has 1 aliphatic rings. The third-order valence-electron chi connectivity index (χ3n) is 6.45. The van der Waals surface area contributed by atoms with E-state index in [1.165, 1.54) is 0 Å². The van der Waals surface area contributed by atoms with Crippen LogP contribution < -0.4 is 14.5 Å². The van der Waals surface area contributed by atoms with Crippen molar-refractivity contribution >= 4 is 28.8 Å². The molecule has 8 heteroatoms. The first-order chi connectivity index (χ1) is 18.2. The lowest BCUT2D eigenvalue weighted by atomic mass is 9.94. The Morgan fingerprint density at radius 2 is 1.61 bits per heavy atom. The SMILES string of the molecule is CCN(CC)c1ccc(C2/C(=C(\O)c3ccc(OC(C)C)cc3)C(=O)C(=O)N2c2cc(F)ccc2F)cc1. The molecule has 6 nitrogen and oxygen atoms in total. The van der Waals surface area contributed by atoms with Gasteiger partial charge in [-0.3, -0.25) is 14.5 Å². The van der Waals surface area contributed by atoms with Gasteiger partial charge in [-0.2, -0.15) is 0 Å². The monoisotopic (exact) mass is 520 g/mol. The summed E-state index contributed by atoms with van der Waals surface area (Å²) in [6.45, 7) is 9.37. The maximum atomic E-state index is 14.9. The normalized spacial score (nSPS) is 16.8. The van der Waals surface area contributed by atoms with E-state index in [2.05, 4.69) is 4.90 Å². The van der Waals surface area contributed by atoms with Crippen molar-refractivity contribution in [2.45, 2.75) is 39.8 Å². The van der Waals surface area contributed by atoms with E-state index < -0.39 is 35.1 Å². The van der Waals surface area contributed by atoms with Crippen LogP contribution >= 0.6 is 0 Å². The van der Waals surface area contributed by atoms with Crippen LogP contribution in [0.2, 0.25) is 0 Å². The Kier molecular flexibility index (Phi) is 7.80. The molecular weight excluding hydrogens is 490 g/mol. The number of aliphatic hydroxyl groups is 1. The zero-order valence-corrected chi connectivity index (χ0v) is 21.7. The molecule has 1 atom stereocenters. The summed E-state index contributed by atoms with van der Waals surface area (Å²) in [5.41, 5.74) is 1.07. The van der Waals surface area contributed by atoms with E-state index in [-0.39, 0.29) is 22.9 Å². The molecule has 1 N–H and O–H groups in total. The fourth-order valence-corrected chi connectivity index (χ4v) is 4.64. The third kappa shape index (κ3) is 5.11. The Labute approximate surface area is 220 Å². The quantitative estimate of drug-likeness (QED) is 0.217. The van der Waals surface area contributed by atoms with Crippen LogP contribution in [0.5, 0.6) is 5.75 Å². The van der Waals surface area contributed by atoms with E-state index in [9.17, 15) is 23.5 Å². The van der Waals surface area contributed by atoms with Gasteiger partial charge in [0, 0.05) is 30.4 Å². The van der Waals surface area contributed by atoms with E-state index in [0.717, 1.165) is 41.9 Å². The van der Waals surface area contributed by atoms with Gasteiger partial charge in [0.1, 0.15) is 23.1 Å². The van der Waals surface area contributed by atoms with Crippen LogP contribution in [0.1, 0.15) is 44.9 Å². The molecule has 3 aromatic rings. The van der Waals surface area contributed by atoms with Crippen molar-refractivity contribution < 1.29 is 28.2 Å². The Morgan fingerprint density at radius 1 is 0.974 bits per heavy atom. The van der Waals surface area contributed by atoms with E-state index in [0.29, 0.717) is 11.3 Å². The van der Waals surface area contributed by atoms with Crippen molar-refractivity contribution in [1.82, 2.24) is 0 Å². The number of anilines is 2. The lowest BCUT2D eigenvalue weighted by Gasteiger charge is -2.27. The zero-order chi connectivity index (χ0) is 27.6. The van der Waals surface area contributed by atoms with Crippen LogP contribution in [0.3, 0.4) is 0 Å². The van der Waals surface area contributed by atoms with Gasteiger partial charge in [0.05, 0.1) is 23.4 Å². The first-order valence-electron chi connectivity index (χ1n) is 12.5. The minimum absolute atomic E-state index is 0.0553. The number of hydrogen-bond donors (Lipinski definition) is 1. The summed E-state index contributed by atoms with van der Waals surface area (Å²) in [4.78, 5) is 29.6. The van der Waals surface area contributed by atoms with Crippen LogP contribution in [0, 0.1) is 11.6 Å². The van der Waals surface area contributed by atoms with Gasteiger partial charge in [0.25, 0.3) is 11.7 Å². The number of amides is 1. The summed E-state index contributed by atoms with van der Waals surface area (Å²) in [6, 6.07) is 15.1. The number of hydrogen-bond acceptors (Lipinski definition) is 5. The van der Waals surface area contributed by atoms with Crippen molar-refractivity contribution in [1.29, 1.82) is 0 Å². The molecule has 0 bridgehead atoms. The number of rotatable bonds is 8. The number of Topliss-reactive ketones (excluding diaryl/α,β-unsaturated/α-hetero) is 1. The third-order valence-corrected chi connectivity index (χ3v) is 6.45. The van der Waals surface area contributed by atoms with Gasteiger partial charge in [0.2, 0.25) is 0 Å². The summed E-state index contributed by atoms with van der Waals surface area (Å²) in [6.07, 6.45) is -0.0553. The molecule has 0 aliphatic carbocycles. The van der Waals surface area contributed by atoms with Crippen LogP contribution in [-0.2, 0) is 9.59 Å². The smallest absolute Gasteiger partial charge is 0.300 e. The summed E-state index contributed by atoms with van der Waals surface area (Å²) in [5, 5.41) is 11.3. The average molecular weight is 521 g/mol. The number of aliphatic hydroxyl groups excluding tert-OH is 1. The number of benzene rings is 3. The van der Waals surface area contributed by atoms with Gasteiger partial charge in [0.15, 0.2) is 0 Å². The fourth-order valence-electron chi connectivity index (χ4n) is 4.64. The molecule has 4 rings (SSSR count). The van der Waals surface area contributed by atoms with Gasteiger partial charge in [-0.15, -0.1) is 0 Å². The molecule has 0 spiro atoms. The van der Waals surface area contributed by atoms with Crippen LogP contribution in [0.4, 0.5) is 20.2 Å². The van der Waals surface area contributed by atoms with Crippen LogP contribution in [0.25, 0.3) is 5.76 Å². The predicted molar refractivity (Wildman–Crippen MR) is 143 cm³/mol. The number of carbonyl (C=O) groups excluding carboxylic acids is 2. The molecule has 38 heavy (non-hydrogen) atoms. The second kappa shape index (κ2) is 11.0. The first-order valence-corrected chi connectivity index (χ1v) is 12.5. The van der Waals surface area contributed by atoms with Crippen molar-refractivity contribution in [3.05, 3.63) is 95.1 Å². The molecule has 0 aromatic heterocycles. The first kappa shape index (κ1) is 26.9. The summed E-state index contributed by atoms with van der Waals surface area (Å²) >= 11 is 0.